The van der Waals surface area contributed by atoms with Gasteiger partial charge in [0.25, 0.3) is 5.89 Å². The number of esters is 1. The molecule has 0 fully saturated rings. The Kier molecular flexibility index (Phi) is 6.02. The first-order chi connectivity index (χ1) is 15.4. The molecule has 4 aromatic rings. The predicted octanol–water partition coefficient (Wildman–Crippen LogP) is 4.79. The molecule has 32 heavy (non-hydrogen) atoms. The van der Waals surface area contributed by atoms with Crippen molar-refractivity contribution in [2.75, 3.05) is 0 Å². The molecule has 2 aromatic heterocycles. The van der Waals surface area contributed by atoms with E-state index >= 15 is 0 Å². The smallest absolute Gasteiger partial charge is 0.306 e. The van der Waals surface area contributed by atoms with E-state index in [1.807, 2.05) is 0 Å². The molecular formula is C22H16F3N3O4. The van der Waals surface area contributed by atoms with Crippen molar-refractivity contribution in [1.29, 1.82) is 0 Å². The summed E-state index contributed by atoms with van der Waals surface area (Å²) in [5.74, 6) is -1.89. The second-order valence-electron chi connectivity index (χ2n) is 6.88. The predicted molar refractivity (Wildman–Crippen MR) is 104 cm³/mol. The molecular weight excluding hydrogens is 427 g/mol. The first kappa shape index (κ1) is 21.3. The summed E-state index contributed by atoms with van der Waals surface area (Å²) < 4.78 is 56.1. The molecule has 2 aromatic carbocycles. The van der Waals surface area contributed by atoms with E-state index in [4.69, 9.17) is 13.7 Å². The molecule has 164 valence electrons. The molecule has 10 heteroatoms. The second-order valence-corrected chi connectivity index (χ2v) is 6.88. The van der Waals surface area contributed by atoms with Crippen molar-refractivity contribution in [3.63, 3.8) is 0 Å². The number of halogens is 3. The Bertz CT molecular complexity index is 1270. The highest BCUT2D eigenvalue weighted by Crippen LogP contribution is 2.25. The van der Waals surface area contributed by atoms with E-state index in [1.165, 1.54) is 18.3 Å². The number of aryl methyl sites for hydroxylation is 2. The van der Waals surface area contributed by atoms with Crippen LogP contribution in [0.5, 0.6) is 0 Å². The van der Waals surface area contributed by atoms with Gasteiger partial charge in [0.1, 0.15) is 17.5 Å². The van der Waals surface area contributed by atoms with Crippen LogP contribution in [0.1, 0.15) is 23.8 Å². The molecule has 0 atom stereocenters. The van der Waals surface area contributed by atoms with Crippen molar-refractivity contribution in [3.05, 3.63) is 77.4 Å². The van der Waals surface area contributed by atoms with E-state index in [-0.39, 0.29) is 48.4 Å². The van der Waals surface area contributed by atoms with E-state index < -0.39 is 23.4 Å². The molecule has 7 nitrogen and oxygen atoms in total. The maximum absolute atomic E-state index is 13.8. The number of oxazole rings is 1. The highest BCUT2D eigenvalue weighted by atomic mass is 19.1. The van der Waals surface area contributed by atoms with Crippen LogP contribution >= 0.6 is 0 Å². The van der Waals surface area contributed by atoms with Crippen molar-refractivity contribution in [2.45, 2.75) is 26.4 Å². The minimum Gasteiger partial charge on any atom is -0.456 e. The van der Waals surface area contributed by atoms with Gasteiger partial charge < -0.3 is 13.7 Å². The molecule has 0 aliphatic rings. The molecule has 0 aliphatic carbocycles. The Labute approximate surface area is 179 Å². The van der Waals surface area contributed by atoms with Crippen molar-refractivity contribution < 1.29 is 31.6 Å². The normalized spacial score (nSPS) is 11.0. The van der Waals surface area contributed by atoms with Crippen molar-refractivity contribution in [2.24, 2.45) is 0 Å². The average Bonchev–Trinajstić information content (AvgIpc) is 3.42. The molecule has 0 spiro atoms. The summed E-state index contributed by atoms with van der Waals surface area (Å²) in [6.45, 7) is 1.39. The summed E-state index contributed by atoms with van der Waals surface area (Å²) >= 11 is 0. The van der Waals surface area contributed by atoms with Crippen LogP contribution in [0.25, 0.3) is 22.7 Å². The lowest BCUT2D eigenvalue weighted by atomic mass is 10.1. The summed E-state index contributed by atoms with van der Waals surface area (Å²) in [7, 11) is 0. The van der Waals surface area contributed by atoms with Crippen LogP contribution in [-0.2, 0) is 22.6 Å². The number of hydrogen-bond acceptors (Lipinski definition) is 7. The summed E-state index contributed by atoms with van der Waals surface area (Å²) in [4.78, 5) is 20.1. The molecule has 0 aliphatic heterocycles. The van der Waals surface area contributed by atoms with E-state index in [1.54, 1.807) is 19.1 Å². The fourth-order valence-corrected chi connectivity index (χ4v) is 2.83. The number of benzene rings is 2. The Balaban J connectivity index is 1.29. The molecule has 4 rings (SSSR count). The zero-order valence-corrected chi connectivity index (χ0v) is 16.8. The molecule has 0 N–H and O–H groups in total. The molecule has 0 radical (unpaired) electrons. The number of ether oxygens (including phenoxy) is 1. The number of rotatable bonds is 7. The van der Waals surface area contributed by atoms with E-state index in [9.17, 15) is 18.0 Å². The topological polar surface area (TPSA) is 91.2 Å². The summed E-state index contributed by atoms with van der Waals surface area (Å²) in [5, 5.41) is 3.75. The van der Waals surface area contributed by atoms with Gasteiger partial charge in [0.05, 0.1) is 18.2 Å². The van der Waals surface area contributed by atoms with Gasteiger partial charge in [-0.15, -0.1) is 0 Å². The number of aromatic nitrogens is 3. The molecule has 0 bridgehead atoms. The van der Waals surface area contributed by atoms with Gasteiger partial charge in [-0.25, -0.2) is 18.2 Å². The largest absolute Gasteiger partial charge is 0.456 e. The van der Waals surface area contributed by atoms with E-state index in [0.717, 1.165) is 12.1 Å². The lowest BCUT2D eigenvalue weighted by molar-refractivity contribution is -0.145. The van der Waals surface area contributed by atoms with Crippen LogP contribution in [0.4, 0.5) is 13.2 Å². The first-order valence-electron chi connectivity index (χ1n) is 9.54. The third-order valence-electron chi connectivity index (χ3n) is 4.55. The Morgan fingerprint density at radius 1 is 1.06 bits per heavy atom. The second kappa shape index (κ2) is 9.04. The SMILES string of the molecule is Cc1ccc(-c2noc(COC(=O)CCc3ncc(-c4ccc(F)cc4F)o3)n2)cc1F. The van der Waals surface area contributed by atoms with Gasteiger partial charge in [-0.3, -0.25) is 4.79 Å². The van der Waals surface area contributed by atoms with Crippen LogP contribution in [0.15, 0.2) is 51.5 Å². The van der Waals surface area contributed by atoms with Crippen LogP contribution < -0.4 is 0 Å². The molecule has 2 heterocycles. The van der Waals surface area contributed by atoms with Crippen LogP contribution in [-0.4, -0.2) is 21.1 Å². The molecule has 0 amide bonds. The van der Waals surface area contributed by atoms with Crippen molar-refractivity contribution >= 4 is 5.97 Å². The van der Waals surface area contributed by atoms with Crippen molar-refractivity contribution in [1.82, 2.24) is 15.1 Å². The lowest BCUT2D eigenvalue weighted by Gasteiger charge is -2.01. The zero-order chi connectivity index (χ0) is 22.7. The molecule has 0 saturated heterocycles. The highest BCUT2D eigenvalue weighted by molar-refractivity contribution is 5.69. The monoisotopic (exact) mass is 443 g/mol. The minimum atomic E-state index is -0.778. The fraction of sp³-hybridized carbons (Fsp3) is 0.182. The highest BCUT2D eigenvalue weighted by Gasteiger charge is 2.15. The minimum absolute atomic E-state index is 0.0551. The summed E-state index contributed by atoms with van der Waals surface area (Å²) in [5.41, 5.74) is 0.993. The van der Waals surface area contributed by atoms with Crippen LogP contribution in [0, 0.1) is 24.4 Å². The van der Waals surface area contributed by atoms with Gasteiger partial charge in [0, 0.05) is 18.1 Å². The summed E-state index contributed by atoms with van der Waals surface area (Å²) in [6.07, 6.45) is 1.35. The van der Waals surface area contributed by atoms with Gasteiger partial charge in [-0.1, -0.05) is 17.3 Å². The van der Waals surface area contributed by atoms with Crippen LogP contribution in [0.3, 0.4) is 0 Å². The quantitative estimate of drug-likeness (QED) is 0.379. The standard InChI is InChI=1S/C22H16F3N3O4/c1-12-2-3-13(8-16(12)24)22-27-20(32-28-22)11-30-21(29)7-6-19-26-10-18(31-19)15-5-4-14(23)9-17(15)25/h2-5,8-10H,6-7,11H2,1H3. The number of hydrogen-bond donors (Lipinski definition) is 0. The van der Waals surface area contributed by atoms with Gasteiger partial charge in [-0.05, 0) is 30.7 Å². The fourth-order valence-electron chi connectivity index (χ4n) is 2.83. The Hall–Kier alpha value is -3.95. The Morgan fingerprint density at radius 3 is 2.69 bits per heavy atom. The van der Waals surface area contributed by atoms with Gasteiger partial charge in [0.15, 0.2) is 18.3 Å². The number of carbonyl (C=O) groups excluding carboxylic acids is 1. The molecule has 0 unspecified atom stereocenters. The summed E-state index contributed by atoms with van der Waals surface area (Å²) in [6, 6.07) is 7.63. The Morgan fingerprint density at radius 2 is 1.91 bits per heavy atom. The maximum atomic E-state index is 13.8. The lowest BCUT2D eigenvalue weighted by Crippen LogP contribution is -2.06. The van der Waals surface area contributed by atoms with Gasteiger partial charge >= 0.3 is 5.97 Å². The van der Waals surface area contributed by atoms with Crippen molar-refractivity contribution in [3.8, 4) is 22.7 Å². The van der Waals surface area contributed by atoms with E-state index in [2.05, 4.69) is 15.1 Å². The third-order valence-corrected chi connectivity index (χ3v) is 4.55. The van der Waals surface area contributed by atoms with Gasteiger partial charge in [-0.2, -0.15) is 4.98 Å². The van der Waals surface area contributed by atoms with Crippen LogP contribution in [0.2, 0.25) is 0 Å². The number of carbonyl (C=O) groups is 1. The molecule has 0 saturated carbocycles. The maximum Gasteiger partial charge on any atom is 0.306 e. The van der Waals surface area contributed by atoms with Gasteiger partial charge in [0.2, 0.25) is 5.82 Å². The first-order valence-corrected chi connectivity index (χ1v) is 9.54. The third kappa shape index (κ3) is 4.85. The van der Waals surface area contributed by atoms with E-state index in [0.29, 0.717) is 11.1 Å². The number of nitrogens with zero attached hydrogens (tertiary/aromatic N) is 3. The average molecular weight is 443 g/mol. The zero-order valence-electron chi connectivity index (χ0n) is 16.8.